The van der Waals surface area contributed by atoms with Crippen molar-refractivity contribution in [2.45, 2.75) is 32.7 Å². The Kier molecular flexibility index (Phi) is 5.40. The van der Waals surface area contributed by atoms with Gasteiger partial charge in [-0.2, -0.15) is 0 Å². The molecule has 3 heteroatoms. The number of nitrogens with one attached hydrogen (secondary N) is 1. The number of hydrogen-bond acceptors (Lipinski definition) is 2. The number of alkyl carbamates (subject to hydrolysis) is 1. The second kappa shape index (κ2) is 6.88. The maximum Gasteiger partial charge on any atom is 0.407 e. The normalized spacial score (nSPS) is 10.2. The van der Waals surface area contributed by atoms with Crippen LogP contribution < -0.4 is 5.32 Å². The highest BCUT2D eigenvalue weighted by Gasteiger charge is 2.02. The molecule has 3 nitrogen and oxygen atoms in total. The molecule has 1 aromatic rings. The minimum absolute atomic E-state index is 0.127. The van der Waals surface area contributed by atoms with E-state index in [1.165, 1.54) is 5.56 Å². The molecule has 1 aromatic carbocycles. The molecule has 0 radical (unpaired) electrons. The molecule has 0 unspecified atom stereocenters. The van der Waals surface area contributed by atoms with Crippen molar-refractivity contribution in [2.75, 3.05) is 6.61 Å². The molecule has 0 saturated heterocycles. The minimum Gasteiger partial charge on any atom is -0.450 e. The van der Waals surface area contributed by atoms with Crippen molar-refractivity contribution in [1.29, 1.82) is 0 Å². The molecule has 88 valence electrons. The first kappa shape index (κ1) is 12.6. The van der Waals surface area contributed by atoms with Gasteiger partial charge in [-0.3, -0.25) is 0 Å². The molecule has 16 heavy (non-hydrogen) atoms. The average molecular weight is 221 g/mol. The van der Waals surface area contributed by atoms with E-state index in [1.807, 2.05) is 32.0 Å². The largest absolute Gasteiger partial charge is 0.450 e. The number of amides is 1. The van der Waals surface area contributed by atoms with E-state index < -0.39 is 0 Å². The summed E-state index contributed by atoms with van der Waals surface area (Å²) in [6.45, 7) is 4.28. The second-order valence-electron chi connectivity index (χ2n) is 4.02. The zero-order chi connectivity index (χ0) is 11.8. The number of aryl methyl sites for hydroxylation is 1. The predicted octanol–water partition coefficient (Wildman–Crippen LogP) is 2.75. The monoisotopic (exact) mass is 221 g/mol. The van der Waals surface area contributed by atoms with E-state index in [2.05, 4.69) is 17.4 Å². The topological polar surface area (TPSA) is 38.3 Å². The van der Waals surface area contributed by atoms with Gasteiger partial charge in [0.15, 0.2) is 0 Å². The van der Waals surface area contributed by atoms with E-state index in [0.717, 1.165) is 12.8 Å². The molecule has 0 aromatic heterocycles. The first-order valence-electron chi connectivity index (χ1n) is 5.65. The summed E-state index contributed by atoms with van der Waals surface area (Å²) < 4.78 is 5.02. The van der Waals surface area contributed by atoms with Crippen LogP contribution >= 0.6 is 0 Å². The van der Waals surface area contributed by atoms with Gasteiger partial charge in [-0.15, -0.1) is 0 Å². The fourth-order valence-electron chi connectivity index (χ4n) is 1.36. The molecule has 0 atom stereocenters. The van der Waals surface area contributed by atoms with Gasteiger partial charge in [-0.25, -0.2) is 4.79 Å². The lowest BCUT2D eigenvalue weighted by molar-refractivity contribution is 0.142. The molecule has 0 spiro atoms. The lowest BCUT2D eigenvalue weighted by Crippen LogP contribution is -2.30. The van der Waals surface area contributed by atoms with Crippen molar-refractivity contribution in [3.05, 3.63) is 35.9 Å². The third-order valence-electron chi connectivity index (χ3n) is 2.09. The van der Waals surface area contributed by atoms with Crippen molar-refractivity contribution in [2.24, 2.45) is 0 Å². The minimum atomic E-state index is -0.330. The van der Waals surface area contributed by atoms with Crippen molar-refractivity contribution in [3.63, 3.8) is 0 Å². The maximum atomic E-state index is 11.1. The molecule has 0 saturated carbocycles. The molecule has 1 N–H and O–H groups in total. The number of rotatable bonds is 5. The summed E-state index contributed by atoms with van der Waals surface area (Å²) in [6.07, 6.45) is 1.47. The maximum absolute atomic E-state index is 11.1. The van der Waals surface area contributed by atoms with Gasteiger partial charge in [0, 0.05) is 6.04 Å². The molecular formula is C13H19NO2. The van der Waals surface area contributed by atoms with Crippen molar-refractivity contribution >= 4 is 6.09 Å². The van der Waals surface area contributed by atoms with E-state index >= 15 is 0 Å². The Morgan fingerprint density at radius 3 is 2.62 bits per heavy atom. The van der Waals surface area contributed by atoms with Gasteiger partial charge in [0.25, 0.3) is 0 Å². The van der Waals surface area contributed by atoms with Crippen LogP contribution in [0.4, 0.5) is 4.79 Å². The second-order valence-corrected chi connectivity index (χ2v) is 4.02. The summed E-state index contributed by atoms with van der Waals surface area (Å²) in [6, 6.07) is 10.3. The molecule has 0 fully saturated rings. The van der Waals surface area contributed by atoms with Gasteiger partial charge < -0.3 is 10.1 Å². The van der Waals surface area contributed by atoms with Crippen LogP contribution in [0.25, 0.3) is 0 Å². The summed E-state index contributed by atoms with van der Waals surface area (Å²) >= 11 is 0. The fourth-order valence-corrected chi connectivity index (χ4v) is 1.36. The average Bonchev–Trinajstić information content (AvgIpc) is 2.25. The number of carbonyl (C=O) groups is 1. The quantitative estimate of drug-likeness (QED) is 0.776. The Bertz CT molecular complexity index is 309. The summed E-state index contributed by atoms with van der Waals surface area (Å²) in [7, 11) is 0. The van der Waals surface area contributed by atoms with E-state index in [4.69, 9.17) is 4.74 Å². The fraction of sp³-hybridized carbons (Fsp3) is 0.462. The summed E-state index contributed by atoms with van der Waals surface area (Å²) in [5.74, 6) is 0. The third-order valence-corrected chi connectivity index (χ3v) is 2.09. The van der Waals surface area contributed by atoms with Gasteiger partial charge in [-0.1, -0.05) is 30.3 Å². The van der Waals surface area contributed by atoms with Crippen molar-refractivity contribution < 1.29 is 9.53 Å². The van der Waals surface area contributed by atoms with E-state index in [0.29, 0.717) is 6.61 Å². The Hall–Kier alpha value is -1.51. The molecule has 1 rings (SSSR count). The Labute approximate surface area is 96.8 Å². The molecule has 0 aliphatic carbocycles. The third kappa shape index (κ3) is 5.39. The molecule has 0 bridgehead atoms. The van der Waals surface area contributed by atoms with Crippen LogP contribution in [-0.2, 0) is 11.2 Å². The zero-order valence-electron chi connectivity index (χ0n) is 9.90. The number of benzene rings is 1. The number of ether oxygens (including phenoxy) is 1. The van der Waals surface area contributed by atoms with E-state index in [-0.39, 0.29) is 12.1 Å². The molecular weight excluding hydrogens is 202 g/mol. The van der Waals surface area contributed by atoms with Crippen molar-refractivity contribution in [3.8, 4) is 0 Å². The number of hydrogen-bond donors (Lipinski definition) is 1. The Morgan fingerprint density at radius 1 is 1.31 bits per heavy atom. The lowest BCUT2D eigenvalue weighted by Gasteiger charge is -2.09. The van der Waals surface area contributed by atoms with Crippen LogP contribution in [-0.4, -0.2) is 18.7 Å². The predicted molar refractivity (Wildman–Crippen MR) is 64.4 cm³/mol. The van der Waals surface area contributed by atoms with E-state index in [1.54, 1.807) is 0 Å². The summed E-state index contributed by atoms with van der Waals surface area (Å²) in [5.41, 5.74) is 1.27. The van der Waals surface area contributed by atoms with Crippen LogP contribution in [0.1, 0.15) is 25.8 Å². The molecule has 0 heterocycles. The van der Waals surface area contributed by atoms with Gasteiger partial charge in [-0.05, 0) is 32.3 Å². The highest BCUT2D eigenvalue weighted by Crippen LogP contribution is 2.02. The van der Waals surface area contributed by atoms with Gasteiger partial charge >= 0.3 is 6.09 Å². The highest BCUT2D eigenvalue weighted by molar-refractivity contribution is 5.67. The SMILES string of the molecule is CC(C)NC(=O)OCCCc1ccccc1. The highest BCUT2D eigenvalue weighted by atomic mass is 16.5. The van der Waals surface area contributed by atoms with Gasteiger partial charge in [0.2, 0.25) is 0 Å². The summed E-state index contributed by atoms with van der Waals surface area (Å²) in [4.78, 5) is 11.1. The Balaban J connectivity index is 2.10. The molecule has 0 aliphatic heterocycles. The van der Waals surface area contributed by atoms with Gasteiger partial charge in [0.05, 0.1) is 6.61 Å². The van der Waals surface area contributed by atoms with Crippen LogP contribution in [0.5, 0.6) is 0 Å². The first-order valence-corrected chi connectivity index (χ1v) is 5.65. The standard InChI is InChI=1S/C13H19NO2/c1-11(2)14-13(15)16-10-6-9-12-7-4-3-5-8-12/h3-5,7-8,11H,6,9-10H2,1-2H3,(H,14,15). The van der Waals surface area contributed by atoms with Crippen molar-refractivity contribution in [1.82, 2.24) is 5.32 Å². The van der Waals surface area contributed by atoms with Crippen LogP contribution in [0.3, 0.4) is 0 Å². The smallest absolute Gasteiger partial charge is 0.407 e. The van der Waals surface area contributed by atoms with Crippen LogP contribution in [0.2, 0.25) is 0 Å². The van der Waals surface area contributed by atoms with Crippen LogP contribution in [0, 0.1) is 0 Å². The lowest BCUT2D eigenvalue weighted by atomic mass is 10.1. The molecule has 0 aliphatic rings. The van der Waals surface area contributed by atoms with Gasteiger partial charge in [0.1, 0.15) is 0 Å². The molecule has 1 amide bonds. The number of carbonyl (C=O) groups excluding carboxylic acids is 1. The first-order chi connectivity index (χ1) is 7.68. The van der Waals surface area contributed by atoms with E-state index in [9.17, 15) is 4.79 Å². The zero-order valence-corrected chi connectivity index (χ0v) is 9.90. The Morgan fingerprint density at radius 2 is 2.00 bits per heavy atom. The van der Waals surface area contributed by atoms with Crippen LogP contribution in [0.15, 0.2) is 30.3 Å². The summed E-state index contributed by atoms with van der Waals surface area (Å²) in [5, 5.41) is 2.68.